The minimum absolute atomic E-state index is 0.0139. The second kappa shape index (κ2) is 12.0. The maximum absolute atomic E-state index is 12.9. The van der Waals surface area contributed by atoms with Gasteiger partial charge in [0.25, 0.3) is 0 Å². The number of hydrogen-bond donors (Lipinski definition) is 1. The molecular weight excluding hydrogens is 536 g/mol. The van der Waals surface area contributed by atoms with Crippen molar-refractivity contribution >= 4 is 29.8 Å². The number of hydrogen-bond acceptors (Lipinski definition) is 11. The fourth-order valence-electron chi connectivity index (χ4n) is 6.54. The minimum Gasteiger partial charge on any atom is -0.462 e. The summed E-state index contributed by atoms with van der Waals surface area (Å²) in [6, 6.07) is 0. The van der Waals surface area contributed by atoms with Gasteiger partial charge in [0.15, 0.2) is 11.7 Å². The van der Waals surface area contributed by atoms with Crippen molar-refractivity contribution in [1.82, 2.24) is 0 Å². The molecule has 0 spiro atoms. The van der Waals surface area contributed by atoms with Crippen LogP contribution in [0.25, 0.3) is 0 Å². The Kier molecular flexibility index (Phi) is 9.42. The number of esters is 5. The zero-order valence-corrected chi connectivity index (χ0v) is 25.1. The van der Waals surface area contributed by atoms with Gasteiger partial charge in [-0.1, -0.05) is 38.5 Å². The lowest BCUT2D eigenvalue weighted by Gasteiger charge is -2.57. The fourth-order valence-corrected chi connectivity index (χ4v) is 6.54. The summed E-state index contributed by atoms with van der Waals surface area (Å²) in [5, 5.41) is 12.4. The molecule has 0 aromatic rings. The summed E-state index contributed by atoms with van der Waals surface area (Å²) in [5.41, 5.74) is -2.42. The van der Waals surface area contributed by atoms with Crippen LogP contribution in [0.2, 0.25) is 0 Å². The average Bonchev–Trinajstić information content (AvgIpc) is 3.06. The number of ether oxygens (including phenoxy) is 5. The van der Waals surface area contributed by atoms with Crippen LogP contribution in [0.4, 0.5) is 0 Å². The molecule has 41 heavy (non-hydrogen) atoms. The van der Waals surface area contributed by atoms with Gasteiger partial charge in [0.1, 0.15) is 24.4 Å². The van der Waals surface area contributed by atoms with Gasteiger partial charge >= 0.3 is 29.8 Å². The molecule has 0 unspecified atom stereocenters. The van der Waals surface area contributed by atoms with E-state index in [2.05, 4.69) is 6.58 Å². The average molecular weight is 579 g/mol. The molecule has 2 aliphatic carbocycles. The van der Waals surface area contributed by atoms with E-state index in [1.807, 2.05) is 0 Å². The molecule has 3 aliphatic rings. The smallest absolute Gasteiger partial charge is 0.312 e. The van der Waals surface area contributed by atoms with E-state index in [-0.39, 0.29) is 12.8 Å². The van der Waals surface area contributed by atoms with Crippen LogP contribution in [0.15, 0.2) is 23.8 Å². The molecule has 3 rings (SSSR count). The molecule has 0 aromatic heterocycles. The first kappa shape index (κ1) is 32.3. The molecule has 0 aromatic carbocycles. The summed E-state index contributed by atoms with van der Waals surface area (Å²) >= 11 is 0. The molecule has 0 bridgehead atoms. The van der Waals surface area contributed by atoms with Gasteiger partial charge in [0.05, 0.1) is 17.3 Å². The molecule has 1 N–H and O–H groups in total. The molecule has 11 heteroatoms. The van der Waals surface area contributed by atoms with Crippen molar-refractivity contribution in [2.45, 2.75) is 111 Å². The summed E-state index contributed by atoms with van der Waals surface area (Å²) in [4.78, 5) is 63.3. The zero-order valence-electron chi connectivity index (χ0n) is 25.1. The fraction of sp³-hybridized carbons (Fsp3) is 0.700. The Morgan fingerprint density at radius 1 is 1.02 bits per heavy atom. The predicted octanol–water partition coefficient (Wildman–Crippen LogP) is 2.96. The van der Waals surface area contributed by atoms with Gasteiger partial charge in [0, 0.05) is 33.1 Å². The van der Waals surface area contributed by atoms with E-state index in [0.29, 0.717) is 12.0 Å². The topological polar surface area (TPSA) is 152 Å². The summed E-state index contributed by atoms with van der Waals surface area (Å²) in [6.07, 6.45) is -3.65. The lowest BCUT2D eigenvalue weighted by molar-refractivity contribution is -0.236. The molecule has 9 atom stereocenters. The van der Waals surface area contributed by atoms with Crippen molar-refractivity contribution in [3.05, 3.63) is 23.8 Å². The molecular formula is C30H42O11. The number of fused-ring (bicyclic) bond motifs is 2. The minimum atomic E-state index is -2.07. The quantitative estimate of drug-likeness (QED) is 0.291. The number of rotatable bonds is 5. The Morgan fingerprint density at radius 3 is 2.12 bits per heavy atom. The number of carbonyl (C=O) groups is 5. The summed E-state index contributed by atoms with van der Waals surface area (Å²) < 4.78 is 29.1. The van der Waals surface area contributed by atoms with Gasteiger partial charge in [0.2, 0.25) is 0 Å². The molecule has 1 saturated carbocycles. The maximum atomic E-state index is 12.9. The maximum Gasteiger partial charge on any atom is 0.312 e. The van der Waals surface area contributed by atoms with Crippen LogP contribution in [0.5, 0.6) is 0 Å². The molecule has 1 heterocycles. The zero-order chi connectivity index (χ0) is 31.0. The van der Waals surface area contributed by atoms with Crippen molar-refractivity contribution in [3.8, 4) is 0 Å². The lowest BCUT2D eigenvalue weighted by atomic mass is 9.54. The number of allylic oxidation sites excluding steroid dienone is 1. The Bertz CT molecular complexity index is 1140. The van der Waals surface area contributed by atoms with E-state index in [0.717, 1.165) is 5.57 Å². The van der Waals surface area contributed by atoms with Crippen LogP contribution >= 0.6 is 0 Å². The Hall–Kier alpha value is -3.21. The molecule has 11 nitrogen and oxygen atoms in total. The van der Waals surface area contributed by atoms with Crippen LogP contribution in [0.3, 0.4) is 0 Å². The Balaban J connectivity index is 2.38. The van der Waals surface area contributed by atoms with Gasteiger partial charge < -0.3 is 28.8 Å². The first-order valence-electron chi connectivity index (χ1n) is 13.9. The van der Waals surface area contributed by atoms with Gasteiger partial charge in [-0.25, -0.2) is 0 Å². The third-order valence-electron chi connectivity index (χ3n) is 8.59. The van der Waals surface area contributed by atoms with Crippen molar-refractivity contribution in [3.63, 3.8) is 0 Å². The summed E-state index contributed by atoms with van der Waals surface area (Å²) in [7, 11) is 0. The second-order valence-corrected chi connectivity index (χ2v) is 12.0. The van der Waals surface area contributed by atoms with Crippen molar-refractivity contribution in [2.75, 3.05) is 0 Å². The Morgan fingerprint density at radius 2 is 1.59 bits per heavy atom. The number of aliphatic hydroxyl groups is 1. The first-order valence-corrected chi connectivity index (χ1v) is 13.9. The summed E-state index contributed by atoms with van der Waals surface area (Å²) in [6.45, 7) is 16.1. The molecule has 228 valence electrons. The van der Waals surface area contributed by atoms with E-state index in [1.165, 1.54) is 27.7 Å². The highest BCUT2D eigenvalue weighted by Crippen LogP contribution is 2.56. The normalized spacial score (nSPS) is 38.4. The molecule has 1 aliphatic heterocycles. The van der Waals surface area contributed by atoms with Gasteiger partial charge in [-0.3, -0.25) is 24.0 Å². The monoisotopic (exact) mass is 578 g/mol. The predicted molar refractivity (Wildman–Crippen MR) is 144 cm³/mol. The summed E-state index contributed by atoms with van der Waals surface area (Å²) in [5.74, 6) is -5.93. The lowest BCUT2D eigenvalue weighted by Crippen LogP contribution is -2.68. The molecule has 2 fully saturated rings. The largest absolute Gasteiger partial charge is 0.462 e. The van der Waals surface area contributed by atoms with Crippen LogP contribution in [0, 0.1) is 23.2 Å². The molecule has 0 amide bonds. The third kappa shape index (κ3) is 6.05. The van der Waals surface area contributed by atoms with Crippen LogP contribution in [-0.2, 0) is 47.7 Å². The van der Waals surface area contributed by atoms with Gasteiger partial charge in [-0.2, -0.15) is 0 Å². The third-order valence-corrected chi connectivity index (χ3v) is 8.59. The second-order valence-electron chi connectivity index (χ2n) is 12.0. The van der Waals surface area contributed by atoms with Crippen molar-refractivity contribution in [2.24, 2.45) is 23.2 Å². The number of carbonyl (C=O) groups excluding carboxylic acids is 5. The van der Waals surface area contributed by atoms with Gasteiger partial charge in [-0.05, 0) is 32.8 Å². The van der Waals surface area contributed by atoms with Crippen molar-refractivity contribution in [1.29, 1.82) is 0 Å². The van der Waals surface area contributed by atoms with E-state index in [1.54, 1.807) is 33.8 Å². The van der Waals surface area contributed by atoms with Crippen LogP contribution in [-0.4, -0.2) is 71.1 Å². The SMILES string of the molecule is C=C1C[C@H](OC(=O)C(C)C)[C@H](OC(C)=O)[C@]2(C)[C@@H](OC(C)=O)CC/C(C)=C\[C@@H]3OC(=O)[C@H](C)[C@]3(O)[C@@H](OC(C)=O)[C@@H]12. The Labute approximate surface area is 240 Å². The first-order chi connectivity index (χ1) is 18.9. The highest BCUT2D eigenvalue weighted by atomic mass is 16.6. The van der Waals surface area contributed by atoms with E-state index in [9.17, 15) is 29.1 Å². The van der Waals surface area contributed by atoms with E-state index < -0.39 is 89.1 Å². The standard InChI is InChI=1S/C30H42O11/c1-14(2)27(34)40-21-13-16(4)24-26(39-20(8)33)30(36)17(5)28(35)41-23(30)12-15(3)10-11-22(37-18(6)31)29(24,9)25(21)38-19(7)32/h12,14,17,21-26,36H,4,10-11,13H2,1-3,5-9H3/b15-12-/t17-,21-,22-,23-,24+,25-,26-,29+,30+/m0/s1. The van der Waals surface area contributed by atoms with E-state index >= 15 is 0 Å². The van der Waals surface area contributed by atoms with Crippen LogP contribution in [0.1, 0.15) is 74.7 Å². The highest BCUT2D eigenvalue weighted by molar-refractivity contribution is 5.78. The van der Waals surface area contributed by atoms with Gasteiger partial charge in [-0.15, -0.1) is 0 Å². The molecule has 1 saturated heterocycles. The van der Waals surface area contributed by atoms with Crippen LogP contribution < -0.4 is 0 Å². The highest BCUT2D eigenvalue weighted by Gasteiger charge is 2.69. The molecule has 0 radical (unpaired) electrons. The van der Waals surface area contributed by atoms with Crippen molar-refractivity contribution < 1.29 is 52.8 Å². The van der Waals surface area contributed by atoms with E-state index in [4.69, 9.17) is 23.7 Å².